The molecule has 0 saturated heterocycles. The Kier molecular flexibility index (Phi) is 20.0. The predicted molar refractivity (Wildman–Crippen MR) is 15.6 cm³/mol. The molecular formula is H3BaNO2. The third kappa shape index (κ3) is 12.2. The zero-order valence-electron chi connectivity index (χ0n) is 4.01. The van der Waals surface area contributed by atoms with Crippen LogP contribution in [0.25, 0.3) is 0 Å². The SMILES string of the molecule is O=NO.[Ba+2].[H-].[H-]. The molecule has 4 heteroatoms. The van der Waals surface area contributed by atoms with Gasteiger partial charge in [0, 0.05) is 0 Å². The summed E-state index contributed by atoms with van der Waals surface area (Å²) in [5.74, 6) is 0. The van der Waals surface area contributed by atoms with Crippen molar-refractivity contribution in [1.82, 2.24) is 0 Å². The minimum absolute atomic E-state index is 0. The zero-order chi connectivity index (χ0) is 2.71. The van der Waals surface area contributed by atoms with Gasteiger partial charge in [-0.15, -0.1) is 4.91 Å². The molecule has 3 nitrogen and oxygen atoms in total. The molecule has 22 valence electrons. The molecule has 0 fully saturated rings. The van der Waals surface area contributed by atoms with Gasteiger partial charge >= 0.3 is 48.9 Å². The second kappa shape index (κ2) is 9.02. The smallest absolute Gasteiger partial charge is 1.00 e. The Bertz CT molecular complexity index is 19.0. The molecule has 0 aliphatic heterocycles. The van der Waals surface area contributed by atoms with Gasteiger partial charge in [0.05, 0.1) is 0 Å². The van der Waals surface area contributed by atoms with Gasteiger partial charge < -0.3 is 8.06 Å². The molecule has 0 heterocycles. The van der Waals surface area contributed by atoms with Crippen molar-refractivity contribution in [3.05, 3.63) is 4.91 Å². The third-order valence-electron chi connectivity index (χ3n) is 0. The van der Waals surface area contributed by atoms with Gasteiger partial charge in [0.1, 0.15) is 0 Å². The molecule has 0 atom stereocenters. The average molecular weight is 186 g/mol. The molecule has 0 aliphatic carbocycles. The van der Waals surface area contributed by atoms with Crippen LogP contribution < -0.4 is 0 Å². The molecule has 0 saturated carbocycles. The van der Waals surface area contributed by atoms with Gasteiger partial charge in [-0.25, -0.2) is 0 Å². The van der Waals surface area contributed by atoms with Gasteiger partial charge in [-0.2, -0.15) is 0 Å². The van der Waals surface area contributed by atoms with Crippen LogP contribution in [-0.4, -0.2) is 54.1 Å². The fourth-order valence-corrected chi connectivity index (χ4v) is 0. The molecule has 0 aromatic rings. The van der Waals surface area contributed by atoms with Crippen LogP contribution >= 0.6 is 0 Å². The Balaban J connectivity index is -0.00000000667. The molecule has 1 N–H and O–H groups in total. The summed E-state index contributed by atoms with van der Waals surface area (Å²) in [6, 6.07) is 0. The van der Waals surface area contributed by atoms with Crippen LogP contribution in [0.1, 0.15) is 2.85 Å². The van der Waals surface area contributed by atoms with E-state index in [2.05, 4.69) is 0 Å². The maximum atomic E-state index is 8.11. The van der Waals surface area contributed by atoms with Crippen LogP contribution in [-0.2, 0) is 0 Å². The number of hydrogen-bond donors (Lipinski definition) is 1. The summed E-state index contributed by atoms with van der Waals surface area (Å²) in [7, 11) is 0. The van der Waals surface area contributed by atoms with Crippen molar-refractivity contribution in [3.63, 3.8) is 0 Å². The minimum Gasteiger partial charge on any atom is -1.00 e. The molecule has 0 bridgehead atoms. The molecule has 4 heavy (non-hydrogen) atoms. The van der Waals surface area contributed by atoms with Crippen LogP contribution in [0.2, 0.25) is 0 Å². The molecule has 0 unspecified atom stereocenters. The van der Waals surface area contributed by atoms with Crippen molar-refractivity contribution in [2.24, 2.45) is 5.34 Å². The maximum absolute atomic E-state index is 8.11. The van der Waals surface area contributed by atoms with Crippen molar-refractivity contribution in [2.45, 2.75) is 0 Å². The molecule has 0 aromatic heterocycles. The molecule has 0 radical (unpaired) electrons. The van der Waals surface area contributed by atoms with E-state index < -0.39 is 0 Å². The predicted octanol–water partition coefficient (Wildman–Crippen LogP) is -0.0138. The van der Waals surface area contributed by atoms with E-state index >= 15 is 0 Å². The van der Waals surface area contributed by atoms with Crippen molar-refractivity contribution < 1.29 is 8.06 Å². The van der Waals surface area contributed by atoms with Crippen molar-refractivity contribution in [3.8, 4) is 0 Å². The minimum atomic E-state index is 0. The monoisotopic (exact) mass is 187 g/mol. The first kappa shape index (κ1) is 8.88. The molecular weight excluding hydrogens is 183 g/mol. The Morgan fingerprint density at radius 2 is 2.00 bits per heavy atom. The van der Waals surface area contributed by atoms with Gasteiger partial charge in [0.15, 0.2) is 5.34 Å². The molecule has 0 aromatic carbocycles. The Morgan fingerprint density at radius 3 is 2.00 bits per heavy atom. The molecule has 0 rings (SSSR count). The molecule has 0 amide bonds. The van der Waals surface area contributed by atoms with Crippen molar-refractivity contribution in [2.75, 3.05) is 0 Å². The normalized spacial score (nSPS) is 3.00. The first-order valence-electron chi connectivity index (χ1n) is 0.383. The first-order valence-corrected chi connectivity index (χ1v) is 0.383. The summed E-state index contributed by atoms with van der Waals surface area (Å²) >= 11 is 0. The van der Waals surface area contributed by atoms with E-state index in [-0.39, 0.29) is 51.7 Å². The summed E-state index contributed by atoms with van der Waals surface area (Å²) < 4.78 is 0. The quantitative estimate of drug-likeness (QED) is 0.328. The summed E-state index contributed by atoms with van der Waals surface area (Å²) in [6.07, 6.45) is 0. The fraction of sp³-hybridized carbons (Fsp3) is 0. The van der Waals surface area contributed by atoms with Crippen LogP contribution in [0.4, 0.5) is 0 Å². The van der Waals surface area contributed by atoms with E-state index in [1.807, 2.05) is 0 Å². The van der Waals surface area contributed by atoms with Crippen LogP contribution in [0.5, 0.6) is 0 Å². The van der Waals surface area contributed by atoms with Crippen LogP contribution in [0.15, 0.2) is 5.34 Å². The number of hydrogen-bond acceptors (Lipinski definition) is 2. The molecule has 0 spiro atoms. The van der Waals surface area contributed by atoms with E-state index in [0.29, 0.717) is 0 Å². The zero-order valence-corrected chi connectivity index (χ0v) is 6.45. The van der Waals surface area contributed by atoms with E-state index in [4.69, 9.17) is 10.1 Å². The Hall–Kier alpha value is 0.971. The van der Waals surface area contributed by atoms with E-state index in [0.717, 1.165) is 0 Å². The topological polar surface area (TPSA) is 49.7 Å². The molecule has 0 aliphatic rings. The van der Waals surface area contributed by atoms with Gasteiger partial charge in [-0.05, 0) is 0 Å². The average Bonchev–Trinajstić information content (AvgIpc) is 0.918. The van der Waals surface area contributed by atoms with Gasteiger partial charge in [0.25, 0.3) is 0 Å². The number of nitrogens with zero attached hydrogens (tertiary/aromatic N) is 1. The summed E-state index contributed by atoms with van der Waals surface area (Å²) in [4.78, 5) is 8.11. The maximum Gasteiger partial charge on any atom is 2.00 e. The Morgan fingerprint density at radius 1 is 2.00 bits per heavy atom. The third-order valence-corrected chi connectivity index (χ3v) is 0. The Labute approximate surface area is 66.4 Å². The largest absolute Gasteiger partial charge is 2.00 e. The van der Waals surface area contributed by atoms with E-state index in [9.17, 15) is 0 Å². The second-order valence-electron chi connectivity index (χ2n) is 0.0816. The fourth-order valence-electron chi connectivity index (χ4n) is 0. The summed E-state index contributed by atoms with van der Waals surface area (Å²) in [5, 5.41) is 7.89. The van der Waals surface area contributed by atoms with Crippen LogP contribution in [0.3, 0.4) is 0 Å². The second-order valence-corrected chi connectivity index (χ2v) is 0.0816. The first-order chi connectivity index (χ1) is 1.41. The summed E-state index contributed by atoms with van der Waals surface area (Å²) in [6.45, 7) is 0. The van der Waals surface area contributed by atoms with Crippen LogP contribution in [0, 0.1) is 4.91 Å². The van der Waals surface area contributed by atoms with Crippen molar-refractivity contribution in [1.29, 1.82) is 0 Å². The van der Waals surface area contributed by atoms with Crippen molar-refractivity contribution >= 4 is 48.9 Å². The number of rotatable bonds is 0. The van der Waals surface area contributed by atoms with E-state index in [1.54, 1.807) is 0 Å². The van der Waals surface area contributed by atoms with Gasteiger partial charge in [0.2, 0.25) is 0 Å². The van der Waals surface area contributed by atoms with E-state index in [1.165, 1.54) is 5.34 Å². The summed E-state index contributed by atoms with van der Waals surface area (Å²) in [5.41, 5.74) is 0. The van der Waals surface area contributed by atoms with Gasteiger partial charge in [-0.3, -0.25) is 0 Å². The standard InChI is InChI=1S/Ba.HNO2.2H/c;2-1-3;;/h;(H,2,3);;/q+2;;2*-1. The van der Waals surface area contributed by atoms with Gasteiger partial charge in [-0.1, -0.05) is 0 Å².